The lowest BCUT2D eigenvalue weighted by Crippen LogP contribution is -2.37. The summed E-state index contributed by atoms with van der Waals surface area (Å²) >= 11 is 0. The fraction of sp³-hybridized carbons (Fsp3) is 0.0714. The molecule has 0 fully saturated rings. The van der Waals surface area contributed by atoms with E-state index in [4.69, 9.17) is 19.2 Å². The summed E-state index contributed by atoms with van der Waals surface area (Å²) in [6, 6.07) is 13.9. The van der Waals surface area contributed by atoms with Gasteiger partial charge in [-0.25, -0.2) is 15.0 Å². The lowest BCUT2D eigenvalue weighted by Gasteiger charge is -2.17. The van der Waals surface area contributed by atoms with Crippen molar-refractivity contribution in [3.05, 3.63) is 157 Å². The van der Waals surface area contributed by atoms with Crippen LogP contribution in [-0.2, 0) is 0 Å². The van der Waals surface area contributed by atoms with E-state index in [0.717, 1.165) is 22.3 Å². The molecule has 7 rings (SSSR count). The maximum absolute atomic E-state index is 9.07. The van der Waals surface area contributed by atoms with Crippen molar-refractivity contribution in [2.24, 2.45) is 0 Å². The minimum absolute atomic E-state index is 0.0748. The van der Waals surface area contributed by atoms with Crippen LogP contribution in [0.3, 0.4) is 0 Å². The van der Waals surface area contributed by atoms with Crippen LogP contribution < -0.4 is 5.19 Å². The Morgan fingerprint density at radius 2 is 0.761 bits per heavy atom. The fourth-order valence-corrected chi connectivity index (χ4v) is 6.08. The van der Waals surface area contributed by atoms with E-state index in [1.165, 1.54) is 5.19 Å². The van der Waals surface area contributed by atoms with Crippen molar-refractivity contribution in [1.82, 2.24) is 15.0 Å². The molecular formula is C42H35N3Si. The summed E-state index contributed by atoms with van der Waals surface area (Å²) < 4.78 is 119. The van der Waals surface area contributed by atoms with E-state index in [-0.39, 0.29) is 11.4 Å². The lowest BCUT2D eigenvalue weighted by atomic mass is 9.98. The molecular weight excluding hydrogens is 575 g/mol. The van der Waals surface area contributed by atoms with Crippen LogP contribution in [0.15, 0.2) is 157 Å². The van der Waals surface area contributed by atoms with Crippen molar-refractivity contribution in [3.8, 4) is 67.5 Å². The Labute approximate surface area is 292 Å². The van der Waals surface area contributed by atoms with Gasteiger partial charge in [-0.3, -0.25) is 0 Å². The van der Waals surface area contributed by atoms with E-state index in [0.29, 0.717) is 5.56 Å². The first-order chi connectivity index (χ1) is 28.2. The molecule has 0 aliphatic rings. The molecule has 0 aliphatic carbocycles. The lowest BCUT2D eigenvalue weighted by molar-refractivity contribution is 1.07. The average Bonchev–Trinajstić information content (AvgIpc) is 3.24. The van der Waals surface area contributed by atoms with Gasteiger partial charge in [0.25, 0.3) is 0 Å². The third kappa shape index (κ3) is 6.34. The molecule has 6 aromatic carbocycles. The second kappa shape index (κ2) is 12.5. The first-order valence-corrected chi connectivity index (χ1v) is 18.1. The molecule has 0 saturated carbocycles. The zero-order chi connectivity index (χ0) is 43.7. The van der Waals surface area contributed by atoms with Crippen molar-refractivity contribution in [3.63, 3.8) is 0 Å². The second-order valence-corrected chi connectivity index (χ2v) is 16.6. The van der Waals surface area contributed by atoms with Gasteiger partial charge in [-0.15, -0.1) is 0 Å². The van der Waals surface area contributed by atoms with Gasteiger partial charge in [0.1, 0.15) is 0 Å². The highest BCUT2D eigenvalue weighted by Crippen LogP contribution is 2.31. The molecule has 0 radical (unpaired) electrons. The van der Waals surface area contributed by atoms with Crippen molar-refractivity contribution in [2.75, 3.05) is 0 Å². The molecule has 0 spiro atoms. The van der Waals surface area contributed by atoms with E-state index in [9.17, 15) is 0 Å². The number of hydrogen-bond acceptors (Lipinski definition) is 3. The topological polar surface area (TPSA) is 38.7 Å². The molecule has 4 heteroatoms. The van der Waals surface area contributed by atoms with Crippen molar-refractivity contribution in [1.29, 1.82) is 0 Å². The summed E-state index contributed by atoms with van der Waals surface area (Å²) in [7, 11) is -1.59. The monoisotopic (exact) mass is 623 g/mol. The highest BCUT2D eigenvalue weighted by Gasteiger charge is 2.17. The molecule has 7 aromatic rings. The molecule has 0 bridgehead atoms. The maximum atomic E-state index is 9.07. The largest absolute Gasteiger partial charge is 0.208 e. The van der Waals surface area contributed by atoms with Gasteiger partial charge in [-0.05, 0) is 45.5 Å². The van der Waals surface area contributed by atoms with E-state index in [1.807, 2.05) is 24.3 Å². The Balaban J connectivity index is 1.45. The molecule has 1 aromatic heterocycles. The van der Waals surface area contributed by atoms with Gasteiger partial charge in [-0.1, -0.05) is 170 Å². The number of benzene rings is 6. The normalized spacial score (nSPS) is 15.6. The summed E-state index contributed by atoms with van der Waals surface area (Å²) in [6.45, 7) is 6.87. The van der Waals surface area contributed by atoms with Crippen LogP contribution in [0, 0.1) is 0 Å². The third-order valence-electron chi connectivity index (χ3n) is 7.34. The molecule has 0 aliphatic heterocycles. The van der Waals surface area contributed by atoms with E-state index >= 15 is 0 Å². The maximum Gasteiger partial charge on any atom is 0.164 e. The zero-order valence-corrected chi connectivity index (χ0v) is 26.3. The first kappa shape index (κ1) is 17.3. The van der Waals surface area contributed by atoms with E-state index in [2.05, 4.69) is 64.9 Å². The number of rotatable bonds is 7. The third-order valence-corrected chi connectivity index (χ3v) is 9.38. The molecule has 222 valence electrons. The Bertz CT molecular complexity index is 2840. The highest BCUT2D eigenvalue weighted by molar-refractivity contribution is 6.88. The van der Waals surface area contributed by atoms with Crippen LogP contribution in [0.25, 0.3) is 67.5 Å². The Hall–Kier alpha value is -5.45. The molecule has 0 atom stereocenters. The predicted octanol–water partition coefficient (Wildman–Crippen LogP) is 10.4. The van der Waals surface area contributed by atoms with Gasteiger partial charge in [-0.2, -0.15) is 0 Å². The van der Waals surface area contributed by atoms with Gasteiger partial charge < -0.3 is 0 Å². The molecule has 0 unspecified atom stereocenters. The summed E-state index contributed by atoms with van der Waals surface area (Å²) in [5, 5.41) is 1.32. The molecule has 0 saturated heterocycles. The summed E-state index contributed by atoms with van der Waals surface area (Å²) in [4.78, 5) is 13.6. The van der Waals surface area contributed by atoms with E-state index in [1.54, 1.807) is 18.2 Å². The fourth-order valence-electron chi connectivity index (χ4n) is 4.90. The van der Waals surface area contributed by atoms with Crippen LogP contribution in [-0.4, -0.2) is 23.0 Å². The standard InChI is InChI=1S/C42H35N3Si/c1-46(2,3)39-22-12-20-37(29-39)35-18-10-17-34(27-35)36-19-11-21-38(28-36)42-44-40(32-15-8-5-9-16-32)43-41(45-42)33-25-23-31(24-26-33)30-13-6-4-7-14-30/h4-29H,1-3H3/i4D,5D,6D,7D,8D,9D,13D,14D,15D,16D,23D,24D,25D,26D. The first-order valence-electron chi connectivity index (χ1n) is 21.6. The Morgan fingerprint density at radius 3 is 1.30 bits per heavy atom. The zero-order valence-electron chi connectivity index (χ0n) is 39.3. The predicted molar refractivity (Wildman–Crippen MR) is 195 cm³/mol. The number of hydrogen-bond donors (Lipinski definition) is 0. The second-order valence-electron chi connectivity index (χ2n) is 11.5. The number of aromatic nitrogens is 3. The van der Waals surface area contributed by atoms with Crippen LogP contribution in [0.2, 0.25) is 19.6 Å². The minimum Gasteiger partial charge on any atom is -0.208 e. The van der Waals surface area contributed by atoms with Gasteiger partial charge in [0.2, 0.25) is 0 Å². The van der Waals surface area contributed by atoms with Gasteiger partial charge in [0, 0.05) is 16.7 Å². The molecule has 0 amide bonds. The Morgan fingerprint density at radius 1 is 0.391 bits per heavy atom. The van der Waals surface area contributed by atoms with Crippen molar-refractivity contribution < 1.29 is 19.2 Å². The van der Waals surface area contributed by atoms with Gasteiger partial charge in [0.15, 0.2) is 17.5 Å². The van der Waals surface area contributed by atoms with Crippen LogP contribution in [0.5, 0.6) is 0 Å². The molecule has 1 heterocycles. The Kier molecular flexibility index (Phi) is 4.70. The van der Waals surface area contributed by atoms with Gasteiger partial charge in [0.05, 0.1) is 27.3 Å². The van der Waals surface area contributed by atoms with Crippen molar-refractivity contribution in [2.45, 2.75) is 19.6 Å². The quantitative estimate of drug-likeness (QED) is 0.166. The average molecular weight is 624 g/mol. The SMILES string of the molecule is [2H]c1c([2H])c([2H])c(-c2nc(-c3cccc(-c4cccc(-c5cccc([Si](C)(C)C)c5)c4)c3)nc(-c3c([2H])c([2H])c(-c4c([2H])c([2H])c([2H])c([2H])c4[2H])c([2H])c3[2H])n2)c([2H])c1[2H]. The molecule has 46 heavy (non-hydrogen) atoms. The van der Waals surface area contributed by atoms with Crippen LogP contribution in [0.4, 0.5) is 0 Å². The molecule has 3 nitrogen and oxygen atoms in total. The van der Waals surface area contributed by atoms with E-state index < -0.39 is 121 Å². The van der Waals surface area contributed by atoms with Crippen LogP contribution >= 0.6 is 0 Å². The summed E-state index contributed by atoms with van der Waals surface area (Å²) in [6.07, 6.45) is 0. The van der Waals surface area contributed by atoms with Gasteiger partial charge >= 0.3 is 0 Å². The summed E-state index contributed by atoms with van der Waals surface area (Å²) in [5.41, 5.74) is 2.17. The highest BCUT2D eigenvalue weighted by atomic mass is 28.3. The smallest absolute Gasteiger partial charge is 0.164 e. The minimum atomic E-state index is -1.59. The summed E-state index contributed by atoms with van der Waals surface area (Å²) in [5.74, 6) is -0.899. The van der Waals surface area contributed by atoms with Crippen LogP contribution in [0.1, 0.15) is 19.2 Å². The molecule has 0 N–H and O–H groups in total. The number of nitrogens with zero attached hydrogens (tertiary/aromatic N) is 3. The van der Waals surface area contributed by atoms with Crippen molar-refractivity contribution >= 4 is 13.3 Å².